The summed E-state index contributed by atoms with van der Waals surface area (Å²) in [5.41, 5.74) is 6.19. The van der Waals surface area contributed by atoms with Crippen LogP contribution in [0, 0.1) is 6.92 Å². The minimum atomic E-state index is -0.426. The van der Waals surface area contributed by atoms with Crippen LogP contribution in [0.15, 0.2) is 28.9 Å². The molecule has 1 heterocycles. The number of aryl methyl sites for hydroxylation is 1. The lowest BCUT2D eigenvalue weighted by molar-refractivity contribution is 0.0934. The zero-order valence-electron chi connectivity index (χ0n) is 9.76. The Balaban J connectivity index is 2.12. The average Bonchev–Trinajstić information content (AvgIpc) is 2.73. The van der Waals surface area contributed by atoms with Crippen LogP contribution in [0.25, 0.3) is 0 Å². The minimum Gasteiger partial charge on any atom is -0.459 e. The third kappa shape index (κ3) is 3.15. The Morgan fingerprint density at radius 2 is 1.84 bits per heavy atom. The van der Waals surface area contributed by atoms with Gasteiger partial charge < -0.3 is 4.42 Å². The fourth-order valence-electron chi connectivity index (χ4n) is 1.44. The molecule has 0 aliphatic rings. The summed E-state index contributed by atoms with van der Waals surface area (Å²) in [4.78, 5) is 11.8. The maximum atomic E-state index is 11.8. The fourth-order valence-corrected chi connectivity index (χ4v) is 2.35. The second-order valence-electron chi connectivity index (χ2n) is 3.76. The van der Waals surface area contributed by atoms with Gasteiger partial charge in [0, 0.05) is 10.6 Å². The molecule has 2 rings (SSSR count). The molecule has 0 radical (unpaired) electrons. The lowest BCUT2D eigenvalue weighted by Crippen LogP contribution is -2.29. The average molecular weight is 320 g/mol. The van der Waals surface area contributed by atoms with Crippen molar-refractivity contribution in [1.29, 1.82) is 0 Å². The number of benzene rings is 1. The van der Waals surface area contributed by atoms with Crippen LogP contribution >= 0.6 is 34.8 Å². The number of anilines is 1. The molecular weight excluding hydrogens is 311 g/mol. The predicted octanol–water partition coefficient (Wildman–Crippen LogP) is 4.31. The number of hydrogen-bond donors (Lipinski definition) is 2. The number of hydrogen-bond acceptors (Lipinski definition) is 3. The summed E-state index contributed by atoms with van der Waals surface area (Å²) in [6.07, 6.45) is 1.44. The van der Waals surface area contributed by atoms with Gasteiger partial charge in [0.25, 0.3) is 0 Å². The van der Waals surface area contributed by atoms with Crippen molar-refractivity contribution >= 4 is 46.4 Å². The molecule has 1 amide bonds. The van der Waals surface area contributed by atoms with E-state index in [-0.39, 0.29) is 5.76 Å². The zero-order valence-corrected chi connectivity index (χ0v) is 12.0. The fraction of sp³-hybridized carbons (Fsp3) is 0.0833. The standard InChI is InChI=1S/C12H9Cl3N2O2/c1-6-2-3-19-11(6)12(18)17-16-10-8(14)4-7(13)5-9(10)15/h2-5,16H,1H3,(H,17,18). The van der Waals surface area contributed by atoms with Crippen molar-refractivity contribution in [2.75, 3.05) is 5.43 Å². The number of halogens is 3. The number of rotatable bonds is 3. The van der Waals surface area contributed by atoms with Gasteiger partial charge in [-0.2, -0.15) is 0 Å². The molecule has 0 atom stereocenters. The second kappa shape index (κ2) is 5.74. The van der Waals surface area contributed by atoms with Crippen LogP contribution in [0.4, 0.5) is 5.69 Å². The highest BCUT2D eigenvalue weighted by molar-refractivity contribution is 6.41. The smallest absolute Gasteiger partial charge is 0.305 e. The van der Waals surface area contributed by atoms with E-state index in [1.807, 2.05) is 0 Å². The lowest BCUT2D eigenvalue weighted by Gasteiger charge is -2.11. The van der Waals surface area contributed by atoms with Crippen LogP contribution in [-0.4, -0.2) is 5.91 Å². The first-order chi connectivity index (χ1) is 8.99. The molecule has 4 nitrogen and oxygen atoms in total. The highest BCUT2D eigenvalue weighted by atomic mass is 35.5. The van der Waals surface area contributed by atoms with Gasteiger partial charge in [0.15, 0.2) is 5.76 Å². The number of hydrazine groups is 1. The van der Waals surface area contributed by atoms with Crippen molar-refractivity contribution in [3.05, 3.63) is 50.9 Å². The molecule has 1 aromatic carbocycles. The third-order valence-corrected chi connectivity index (χ3v) is 3.19. The van der Waals surface area contributed by atoms with Crippen molar-refractivity contribution in [3.8, 4) is 0 Å². The van der Waals surface area contributed by atoms with E-state index in [9.17, 15) is 4.79 Å². The molecule has 2 N–H and O–H groups in total. The molecule has 0 aliphatic heterocycles. The van der Waals surface area contributed by atoms with Crippen molar-refractivity contribution in [1.82, 2.24) is 5.43 Å². The Bertz CT molecular complexity index is 602. The third-order valence-electron chi connectivity index (χ3n) is 2.38. The number of carbonyl (C=O) groups excluding carboxylic acids is 1. The quantitative estimate of drug-likeness (QED) is 0.829. The Morgan fingerprint density at radius 3 is 2.37 bits per heavy atom. The topological polar surface area (TPSA) is 54.3 Å². The SMILES string of the molecule is Cc1ccoc1C(=O)NNc1c(Cl)cc(Cl)cc1Cl. The van der Waals surface area contributed by atoms with Crippen LogP contribution in [0.5, 0.6) is 0 Å². The van der Waals surface area contributed by atoms with E-state index in [1.165, 1.54) is 18.4 Å². The largest absolute Gasteiger partial charge is 0.459 e. The lowest BCUT2D eigenvalue weighted by atomic mass is 10.3. The molecule has 0 unspecified atom stereocenters. The van der Waals surface area contributed by atoms with Gasteiger partial charge in [-0.3, -0.25) is 15.6 Å². The Labute approximate surface area is 124 Å². The van der Waals surface area contributed by atoms with Crippen LogP contribution in [0.3, 0.4) is 0 Å². The predicted molar refractivity (Wildman–Crippen MR) is 76.0 cm³/mol. The van der Waals surface area contributed by atoms with Gasteiger partial charge in [-0.15, -0.1) is 0 Å². The first-order valence-electron chi connectivity index (χ1n) is 5.24. The number of furan rings is 1. The molecule has 0 fully saturated rings. The first kappa shape index (κ1) is 14.1. The normalized spacial score (nSPS) is 10.3. The van der Waals surface area contributed by atoms with Crippen molar-refractivity contribution in [3.63, 3.8) is 0 Å². The summed E-state index contributed by atoms with van der Waals surface area (Å²) in [7, 11) is 0. The van der Waals surface area contributed by atoms with Gasteiger partial charge in [-0.25, -0.2) is 0 Å². The Kier molecular flexibility index (Phi) is 4.24. The number of nitrogens with one attached hydrogen (secondary N) is 2. The molecule has 0 aliphatic carbocycles. The van der Waals surface area contributed by atoms with Crippen molar-refractivity contribution < 1.29 is 9.21 Å². The zero-order chi connectivity index (χ0) is 14.0. The Morgan fingerprint density at radius 1 is 1.21 bits per heavy atom. The first-order valence-corrected chi connectivity index (χ1v) is 6.37. The summed E-state index contributed by atoms with van der Waals surface area (Å²) in [5.74, 6) is -0.210. The summed E-state index contributed by atoms with van der Waals surface area (Å²) in [6, 6.07) is 4.72. The molecule has 2 aromatic rings. The number of amides is 1. The van der Waals surface area contributed by atoms with Gasteiger partial charge in [0.2, 0.25) is 0 Å². The minimum absolute atomic E-state index is 0.216. The maximum absolute atomic E-state index is 11.8. The molecule has 100 valence electrons. The molecule has 19 heavy (non-hydrogen) atoms. The van der Waals surface area contributed by atoms with Gasteiger partial charge in [-0.05, 0) is 25.1 Å². The van der Waals surface area contributed by atoms with Crippen LogP contribution in [-0.2, 0) is 0 Å². The molecule has 0 saturated heterocycles. The van der Waals surface area contributed by atoms with E-state index in [0.717, 1.165) is 5.56 Å². The van der Waals surface area contributed by atoms with Crippen molar-refractivity contribution in [2.45, 2.75) is 6.92 Å². The van der Waals surface area contributed by atoms with Gasteiger partial charge in [0.1, 0.15) is 0 Å². The highest BCUT2D eigenvalue weighted by Crippen LogP contribution is 2.33. The molecule has 0 spiro atoms. The van der Waals surface area contributed by atoms with E-state index < -0.39 is 5.91 Å². The number of carbonyl (C=O) groups is 1. The Hall–Kier alpha value is -1.36. The van der Waals surface area contributed by atoms with Crippen LogP contribution < -0.4 is 10.9 Å². The molecule has 0 saturated carbocycles. The van der Waals surface area contributed by atoms with Crippen LogP contribution in [0.1, 0.15) is 16.1 Å². The van der Waals surface area contributed by atoms with E-state index in [4.69, 9.17) is 39.2 Å². The molecular formula is C12H9Cl3N2O2. The molecule has 1 aromatic heterocycles. The maximum Gasteiger partial charge on any atom is 0.305 e. The van der Waals surface area contributed by atoms with E-state index >= 15 is 0 Å². The monoisotopic (exact) mass is 318 g/mol. The van der Waals surface area contributed by atoms with Gasteiger partial charge in [-0.1, -0.05) is 34.8 Å². The second-order valence-corrected chi connectivity index (χ2v) is 5.01. The van der Waals surface area contributed by atoms with E-state index in [1.54, 1.807) is 13.0 Å². The van der Waals surface area contributed by atoms with E-state index in [2.05, 4.69) is 10.9 Å². The van der Waals surface area contributed by atoms with Crippen molar-refractivity contribution in [2.24, 2.45) is 0 Å². The van der Waals surface area contributed by atoms with E-state index in [0.29, 0.717) is 20.8 Å². The summed E-state index contributed by atoms with van der Waals surface area (Å²) >= 11 is 17.7. The molecule has 0 bridgehead atoms. The summed E-state index contributed by atoms with van der Waals surface area (Å²) < 4.78 is 5.05. The highest BCUT2D eigenvalue weighted by Gasteiger charge is 2.14. The van der Waals surface area contributed by atoms with Gasteiger partial charge in [0.05, 0.1) is 22.0 Å². The van der Waals surface area contributed by atoms with Crippen LogP contribution in [0.2, 0.25) is 15.1 Å². The summed E-state index contributed by atoms with van der Waals surface area (Å²) in [6.45, 7) is 1.76. The van der Waals surface area contributed by atoms with Gasteiger partial charge >= 0.3 is 5.91 Å². The molecule has 7 heteroatoms. The summed E-state index contributed by atoms with van der Waals surface area (Å²) in [5, 5.41) is 1.01.